The molecule has 4 nitrogen and oxygen atoms in total. The number of nitrogens with zero attached hydrogens (tertiary/aromatic N) is 2. The van der Waals surface area contributed by atoms with Gasteiger partial charge in [0.1, 0.15) is 11.6 Å². The van der Waals surface area contributed by atoms with E-state index in [2.05, 4.69) is 11.1 Å². The summed E-state index contributed by atoms with van der Waals surface area (Å²) in [5.74, 6) is -0.243. The zero-order valence-corrected chi connectivity index (χ0v) is 13.0. The Balaban J connectivity index is 1.72. The molecule has 0 atom stereocenters. The Kier molecular flexibility index (Phi) is 3.40. The van der Waals surface area contributed by atoms with E-state index in [-0.39, 0.29) is 11.5 Å². The number of amides is 1. The number of fused-ring (bicyclic) bond motifs is 2. The maximum atomic E-state index is 12.8. The van der Waals surface area contributed by atoms with Gasteiger partial charge in [0.15, 0.2) is 0 Å². The Labute approximate surface area is 139 Å². The summed E-state index contributed by atoms with van der Waals surface area (Å²) in [6, 6.07) is 17.7. The van der Waals surface area contributed by atoms with Crippen LogP contribution in [0, 0.1) is 11.3 Å². The second-order valence-electron chi connectivity index (χ2n) is 5.79. The molecule has 1 N–H and O–H groups in total. The van der Waals surface area contributed by atoms with E-state index in [1.54, 1.807) is 11.0 Å². The molecule has 1 aliphatic rings. The number of benzene rings is 2. The largest absolute Gasteiger partial charge is 0.361 e. The summed E-state index contributed by atoms with van der Waals surface area (Å²) in [5, 5.41) is 10.5. The molecule has 0 fully saturated rings. The van der Waals surface area contributed by atoms with Gasteiger partial charge in [0, 0.05) is 34.9 Å². The zero-order chi connectivity index (χ0) is 16.5. The fourth-order valence-electron chi connectivity index (χ4n) is 3.21. The SMILES string of the molecule is N#C/C(=C\c1c[nH]c2ccccc12)C(=O)N1CCc2ccccc21. The third-order valence-corrected chi connectivity index (χ3v) is 4.40. The van der Waals surface area contributed by atoms with Gasteiger partial charge in [-0.1, -0.05) is 36.4 Å². The van der Waals surface area contributed by atoms with Crippen molar-refractivity contribution in [2.45, 2.75) is 6.42 Å². The number of para-hydroxylation sites is 2. The minimum absolute atomic E-state index is 0.149. The first-order valence-corrected chi connectivity index (χ1v) is 7.85. The second-order valence-corrected chi connectivity index (χ2v) is 5.79. The molecule has 0 aliphatic carbocycles. The van der Waals surface area contributed by atoms with E-state index in [1.165, 1.54) is 0 Å². The van der Waals surface area contributed by atoms with Crippen LogP contribution in [-0.2, 0) is 11.2 Å². The van der Waals surface area contributed by atoms with E-state index in [0.29, 0.717) is 6.54 Å². The van der Waals surface area contributed by atoms with Crippen molar-refractivity contribution in [3.05, 3.63) is 71.4 Å². The molecule has 0 bridgehead atoms. The summed E-state index contributed by atoms with van der Waals surface area (Å²) in [6.45, 7) is 0.616. The van der Waals surface area contributed by atoms with Crippen LogP contribution in [0.2, 0.25) is 0 Å². The lowest BCUT2D eigenvalue weighted by Gasteiger charge is -2.16. The number of carbonyl (C=O) groups excluding carboxylic acids is 1. The highest BCUT2D eigenvalue weighted by Crippen LogP contribution is 2.29. The molecule has 1 aromatic heterocycles. The highest BCUT2D eigenvalue weighted by atomic mass is 16.2. The van der Waals surface area contributed by atoms with Crippen molar-refractivity contribution < 1.29 is 4.79 Å². The average Bonchev–Trinajstić information content (AvgIpc) is 3.23. The normalized spacial score (nSPS) is 13.8. The third-order valence-electron chi connectivity index (χ3n) is 4.40. The summed E-state index contributed by atoms with van der Waals surface area (Å²) in [5.41, 5.74) is 4.04. The van der Waals surface area contributed by atoms with Gasteiger partial charge in [-0.15, -0.1) is 0 Å². The van der Waals surface area contributed by atoms with E-state index in [0.717, 1.165) is 34.1 Å². The van der Waals surface area contributed by atoms with E-state index in [9.17, 15) is 10.1 Å². The first-order valence-electron chi connectivity index (χ1n) is 7.85. The molecule has 116 valence electrons. The smallest absolute Gasteiger partial charge is 0.268 e. The molecular formula is C20H15N3O. The molecule has 1 amide bonds. The fourth-order valence-corrected chi connectivity index (χ4v) is 3.21. The maximum Gasteiger partial charge on any atom is 0.268 e. The molecule has 2 aromatic carbocycles. The summed E-state index contributed by atoms with van der Waals surface area (Å²) >= 11 is 0. The van der Waals surface area contributed by atoms with Crippen LogP contribution >= 0.6 is 0 Å². The molecule has 0 saturated heterocycles. The number of aromatic nitrogens is 1. The minimum Gasteiger partial charge on any atom is -0.361 e. The molecule has 0 radical (unpaired) electrons. The van der Waals surface area contributed by atoms with Gasteiger partial charge in [-0.05, 0) is 30.2 Å². The van der Waals surface area contributed by atoms with Crippen molar-refractivity contribution in [2.24, 2.45) is 0 Å². The van der Waals surface area contributed by atoms with Crippen LogP contribution in [0.25, 0.3) is 17.0 Å². The summed E-state index contributed by atoms with van der Waals surface area (Å²) in [7, 11) is 0. The number of carbonyl (C=O) groups is 1. The molecule has 4 heteroatoms. The van der Waals surface area contributed by atoms with Crippen molar-refractivity contribution in [1.29, 1.82) is 5.26 Å². The van der Waals surface area contributed by atoms with Crippen LogP contribution in [0.3, 0.4) is 0 Å². The number of hydrogen-bond acceptors (Lipinski definition) is 2. The van der Waals surface area contributed by atoms with Crippen molar-refractivity contribution in [3.63, 3.8) is 0 Å². The number of nitriles is 1. The summed E-state index contributed by atoms with van der Waals surface area (Å²) in [4.78, 5) is 17.7. The molecule has 3 aromatic rings. The lowest BCUT2D eigenvalue weighted by Crippen LogP contribution is -2.29. The first-order chi connectivity index (χ1) is 11.8. The zero-order valence-electron chi connectivity index (χ0n) is 13.0. The standard InChI is InChI=1S/C20H15N3O/c21-12-15(11-16-13-22-18-7-3-2-6-17(16)18)20(24)23-10-9-14-5-1-4-8-19(14)23/h1-8,11,13,22H,9-10H2/b15-11+. The van der Waals surface area contributed by atoms with Crippen molar-refractivity contribution in [2.75, 3.05) is 11.4 Å². The van der Waals surface area contributed by atoms with E-state index in [1.807, 2.05) is 54.7 Å². The number of H-pyrrole nitrogens is 1. The number of rotatable bonds is 2. The summed E-state index contributed by atoms with van der Waals surface area (Å²) in [6.07, 6.45) is 4.32. The van der Waals surface area contributed by atoms with Crippen LogP contribution < -0.4 is 4.90 Å². The third kappa shape index (κ3) is 2.27. The van der Waals surface area contributed by atoms with Gasteiger partial charge in [0.2, 0.25) is 0 Å². The number of hydrogen-bond donors (Lipinski definition) is 1. The van der Waals surface area contributed by atoms with Crippen LogP contribution in [0.15, 0.2) is 60.3 Å². The Morgan fingerprint density at radius 1 is 1.17 bits per heavy atom. The topological polar surface area (TPSA) is 59.9 Å². The van der Waals surface area contributed by atoms with Gasteiger partial charge in [0.05, 0.1) is 0 Å². The van der Waals surface area contributed by atoms with Gasteiger partial charge in [0.25, 0.3) is 5.91 Å². The Hall–Kier alpha value is -3.32. The maximum absolute atomic E-state index is 12.8. The lowest BCUT2D eigenvalue weighted by atomic mass is 10.1. The highest BCUT2D eigenvalue weighted by Gasteiger charge is 2.26. The number of aromatic amines is 1. The Morgan fingerprint density at radius 3 is 2.83 bits per heavy atom. The Bertz CT molecular complexity index is 1010. The monoisotopic (exact) mass is 313 g/mol. The van der Waals surface area contributed by atoms with E-state index in [4.69, 9.17) is 0 Å². The molecule has 0 spiro atoms. The van der Waals surface area contributed by atoms with Gasteiger partial charge >= 0.3 is 0 Å². The predicted octanol–water partition coefficient (Wildman–Crippen LogP) is 3.66. The molecular weight excluding hydrogens is 298 g/mol. The quantitative estimate of drug-likeness (QED) is 0.580. The van der Waals surface area contributed by atoms with Gasteiger partial charge in [-0.3, -0.25) is 4.79 Å². The van der Waals surface area contributed by atoms with E-state index >= 15 is 0 Å². The lowest BCUT2D eigenvalue weighted by molar-refractivity contribution is -0.114. The second kappa shape index (κ2) is 5.71. The van der Waals surface area contributed by atoms with Gasteiger partial charge in [-0.2, -0.15) is 5.26 Å². The van der Waals surface area contributed by atoms with E-state index < -0.39 is 0 Å². The fraction of sp³-hybridized carbons (Fsp3) is 0.100. The number of nitrogens with one attached hydrogen (secondary N) is 1. The molecule has 4 rings (SSSR count). The van der Waals surface area contributed by atoms with Crippen molar-refractivity contribution in [3.8, 4) is 6.07 Å². The van der Waals surface area contributed by atoms with Crippen LogP contribution in [0.4, 0.5) is 5.69 Å². The minimum atomic E-state index is -0.243. The molecule has 2 heterocycles. The predicted molar refractivity (Wildman–Crippen MR) is 94.4 cm³/mol. The molecule has 0 saturated carbocycles. The van der Waals surface area contributed by atoms with Crippen molar-refractivity contribution >= 4 is 28.6 Å². The van der Waals surface area contributed by atoms with Crippen LogP contribution in [-0.4, -0.2) is 17.4 Å². The highest BCUT2D eigenvalue weighted by molar-refractivity contribution is 6.12. The number of anilines is 1. The average molecular weight is 313 g/mol. The molecule has 24 heavy (non-hydrogen) atoms. The van der Waals surface area contributed by atoms with Crippen molar-refractivity contribution in [1.82, 2.24) is 4.98 Å². The first kappa shape index (κ1) is 14.3. The molecule has 1 aliphatic heterocycles. The van der Waals surface area contributed by atoms with Gasteiger partial charge < -0.3 is 9.88 Å². The summed E-state index contributed by atoms with van der Waals surface area (Å²) < 4.78 is 0. The molecule has 0 unspecified atom stereocenters. The Morgan fingerprint density at radius 2 is 1.96 bits per heavy atom. The van der Waals surface area contributed by atoms with Crippen LogP contribution in [0.5, 0.6) is 0 Å². The van der Waals surface area contributed by atoms with Gasteiger partial charge in [-0.25, -0.2) is 0 Å². The van der Waals surface area contributed by atoms with Crippen LogP contribution in [0.1, 0.15) is 11.1 Å².